The van der Waals surface area contributed by atoms with Gasteiger partial charge in [-0.05, 0) is 44.1 Å². The van der Waals surface area contributed by atoms with Crippen LogP contribution in [0.4, 0.5) is 0 Å². The molecule has 0 fully saturated rings. The number of carbonyl (C=O) groups excluding carboxylic acids is 3. The lowest BCUT2D eigenvalue weighted by Crippen LogP contribution is -2.46. The number of aliphatic hydroxyl groups is 1. The maximum atomic E-state index is 13.0. The number of hydrogen-bond acceptors (Lipinski definition) is 5. The third kappa shape index (κ3) is 9.38. The van der Waals surface area contributed by atoms with Crippen molar-refractivity contribution in [3.63, 3.8) is 0 Å². The van der Waals surface area contributed by atoms with Crippen LogP contribution in [0.3, 0.4) is 0 Å². The molecular weight excluding hydrogens is 420 g/mol. The van der Waals surface area contributed by atoms with Gasteiger partial charge in [0.15, 0.2) is 0 Å². The Morgan fingerprint density at radius 1 is 1.15 bits per heavy atom. The molecule has 0 aliphatic carbocycles. The van der Waals surface area contributed by atoms with Gasteiger partial charge in [-0.3, -0.25) is 14.4 Å². The first-order chi connectivity index (χ1) is 15.8. The second-order valence-electron chi connectivity index (χ2n) is 9.21. The van der Waals surface area contributed by atoms with Crippen LogP contribution in [0.15, 0.2) is 42.5 Å². The molecule has 2 amide bonds. The van der Waals surface area contributed by atoms with E-state index in [0.717, 1.165) is 5.56 Å². The number of amides is 2. The summed E-state index contributed by atoms with van der Waals surface area (Å²) in [5, 5.41) is 14.8. The highest BCUT2D eigenvalue weighted by Crippen LogP contribution is 2.19. The molecule has 0 radical (unpaired) electrons. The van der Waals surface area contributed by atoms with Crippen molar-refractivity contribution in [2.24, 2.45) is 17.8 Å². The second-order valence-corrected chi connectivity index (χ2v) is 9.21. The monoisotopic (exact) mass is 458 g/mol. The van der Waals surface area contributed by atoms with Gasteiger partial charge < -0.3 is 20.5 Å². The zero-order valence-corrected chi connectivity index (χ0v) is 20.0. The predicted octanol–water partition coefficient (Wildman–Crippen LogP) is 2.77. The minimum absolute atomic E-state index is 0.0295. The smallest absolute Gasteiger partial charge is 0.309 e. The maximum absolute atomic E-state index is 13.0. The van der Waals surface area contributed by atoms with Gasteiger partial charge in [-0.2, -0.15) is 0 Å². The molecule has 1 aliphatic heterocycles. The van der Waals surface area contributed by atoms with Gasteiger partial charge >= 0.3 is 5.97 Å². The number of nitrogens with one attached hydrogen (secondary N) is 2. The summed E-state index contributed by atoms with van der Waals surface area (Å²) in [7, 11) is 0. The Bertz CT molecular complexity index is 793. The van der Waals surface area contributed by atoms with Crippen molar-refractivity contribution in [2.45, 2.75) is 65.0 Å². The molecule has 1 aromatic rings. The Morgan fingerprint density at radius 2 is 1.88 bits per heavy atom. The molecule has 4 atom stereocenters. The molecule has 0 unspecified atom stereocenters. The van der Waals surface area contributed by atoms with Crippen molar-refractivity contribution in [3.05, 3.63) is 48.0 Å². The SMILES string of the molecule is CC(C)[C@H]1COC(=O)[C@@H](Cc2ccccc2)CCC=CC[C@H](CC(=O)N[C@@H](C)CO)C(=O)N1. The Balaban J connectivity index is 2.14. The molecule has 0 saturated heterocycles. The first-order valence-corrected chi connectivity index (χ1v) is 11.9. The van der Waals surface area contributed by atoms with Crippen molar-refractivity contribution >= 4 is 17.8 Å². The maximum Gasteiger partial charge on any atom is 0.309 e. The fourth-order valence-corrected chi connectivity index (χ4v) is 3.75. The molecule has 0 bridgehead atoms. The standard InChI is InChI=1S/C26H38N2O5/c1-18(2)23-17-33-26(32)22(14-20-10-6-4-7-11-20)13-9-5-8-12-21(25(31)28-23)15-24(30)27-19(3)16-29/h4-8,10-11,18-19,21-23,29H,9,12-17H2,1-3H3,(H,27,30)(H,28,31)/t19-,21+,22+,23+/m0/s1. The minimum atomic E-state index is -0.537. The number of esters is 1. The largest absolute Gasteiger partial charge is 0.463 e. The summed E-state index contributed by atoms with van der Waals surface area (Å²) in [6.45, 7) is 5.57. The summed E-state index contributed by atoms with van der Waals surface area (Å²) in [4.78, 5) is 38.2. The number of benzene rings is 1. The van der Waals surface area contributed by atoms with Crippen LogP contribution < -0.4 is 10.6 Å². The van der Waals surface area contributed by atoms with E-state index in [2.05, 4.69) is 10.6 Å². The topological polar surface area (TPSA) is 105 Å². The zero-order valence-electron chi connectivity index (χ0n) is 20.0. The van der Waals surface area contributed by atoms with Gasteiger partial charge in [-0.1, -0.05) is 56.3 Å². The van der Waals surface area contributed by atoms with Gasteiger partial charge in [0, 0.05) is 12.5 Å². The molecule has 3 N–H and O–H groups in total. The summed E-state index contributed by atoms with van der Waals surface area (Å²) in [6.07, 6.45) is 6.28. The Morgan fingerprint density at radius 3 is 2.55 bits per heavy atom. The lowest BCUT2D eigenvalue weighted by molar-refractivity contribution is -0.150. The van der Waals surface area contributed by atoms with Crippen LogP contribution in [0.25, 0.3) is 0 Å². The molecule has 182 valence electrons. The first-order valence-electron chi connectivity index (χ1n) is 11.9. The van der Waals surface area contributed by atoms with Crippen LogP contribution in [-0.4, -0.2) is 48.2 Å². The molecule has 0 aromatic heterocycles. The number of cyclic esters (lactones) is 1. The van der Waals surface area contributed by atoms with Crippen molar-refractivity contribution in [1.29, 1.82) is 0 Å². The van der Waals surface area contributed by atoms with Crippen LogP contribution in [0.5, 0.6) is 0 Å². The minimum Gasteiger partial charge on any atom is -0.463 e. The van der Waals surface area contributed by atoms with Gasteiger partial charge in [0.05, 0.1) is 24.5 Å². The van der Waals surface area contributed by atoms with Gasteiger partial charge in [0.2, 0.25) is 11.8 Å². The van der Waals surface area contributed by atoms with E-state index in [4.69, 9.17) is 9.84 Å². The number of allylic oxidation sites excluding steroid dienone is 2. The Hall–Kier alpha value is -2.67. The van der Waals surface area contributed by atoms with E-state index in [1.807, 2.05) is 56.3 Å². The molecule has 2 rings (SSSR count). The molecule has 33 heavy (non-hydrogen) atoms. The Kier molecular flexibility index (Phi) is 11.1. The van der Waals surface area contributed by atoms with E-state index in [0.29, 0.717) is 25.7 Å². The quantitative estimate of drug-likeness (QED) is 0.431. The third-order valence-electron chi connectivity index (χ3n) is 5.95. The molecule has 0 saturated carbocycles. The number of hydrogen-bond donors (Lipinski definition) is 3. The highest BCUT2D eigenvalue weighted by molar-refractivity contribution is 5.86. The highest BCUT2D eigenvalue weighted by atomic mass is 16.5. The predicted molar refractivity (Wildman–Crippen MR) is 127 cm³/mol. The zero-order chi connectivity index (χ0) is 24.2. The average molecular weight is 459 g/mol. The summed E-state index contributed by atoms with van der Waals surface area (Å²) in [5.74, 6) is -1.50. The summed E-state index contributed by atoms with van der Waals surface area (Å²) < 4.78 is 5.66. The molecular formula is C26H38N2O5. The van der Waals surface area contributed by atoms with E-state index in [9.17, 15) is 14.4 Å². The van der Waals surface area contributed by atoms with Crippen molar-refractivity contribution < 1.29 is 24.2 Å². The van der Waals surface area contributed by atoms with Crippen molar-refractivity contribution in [3.8, 4) is 0 Å². The number of rotatable bonds is 7. The number of carbonyl (C=O) groups is 3. The lowest BCUT2D eigenvalue weighted by atomic mass is 9.94. The van der Waals surface area contributed by atoms with Crippen LogP contribution >= 0.6 is 0 Å². The molecule has 1 aliphatic rings. The molecule has 0 spiro atoms. The van der Waals surface area contributed by atoms with Gasteiger partial charge in [0.25, 0.3) is 0 Å². The van der Waals surface area contributed by atoms with Gasteiger partial charge in [-0.15, -0.1) is 0 Å². The van der Waals surface area contributed by atoms with Crippen LogP contribution in [0.2, 0.25) is 0 Å². The summed E-state index contributed by atoms with van der Waals surface area (Å²) in [6, 6.07) is 9.18. The van der Waals surface area contributed by atoms with E-state index in [1.165, 1.54) is 0 Å². The van der Waals surface area contributed by atoms with Crippen LogP contribution in [0, 0.1) is 17.8 Å². The van der Waals surface area contributed by atoms with E-state index >= 15 is 0 Å². The fourth-order valence-electron chi connectivity index (χ4n) is 3.75. The summed E-state index contributed by atoms with van der Waals surface area (Å²) in [5.41, 5.74) is 1.09. The fraction of sp³-hybridized carbons (Fsp3) is 0.577. The molecule has 7 heteroatoms. The van der Waals surface area contributed by atoms with Crippen molar-refractivity contribution in [1.82, 2.24) is 10.6 Å². The van der Waals surface area contributed by atoms with Crippen LogP contribution in [0.1, 0.15) is 52.0 Å². The molecule has 1 heterocycles. The first kappa shape index (κ1) is 26.6. The van der Waals surface area contributed by atoms with Crippen molar-refractivity contribution in [2.75, 3.05) is 13.2 Å². The van der Waals surface area contributed by atoms with Gasteiger partial charge in [-0.25, -0.2) is 0 Å². The number of ether oxygens (including phenoxy) is 1. The Labute approximate surface area is 197 Å². The average Bonchev–Trinajstić information content (AvgIpc) is 2.80. The highest BCUT2D eigenvalue weighted by Gasteiger charge is 2.28. The van der Waals surface area contributed by atoms with E-state index in [-0.39, 0.29) is 61.3 Å². The normalized spacial score (nSPS) is 23.5. The second kappa shape index (κ2) is 13.8. The van der Waals surface area contributed by atoms with E-state index < -0.39 is 5.92 Å². The summed E-state index contributed by atoms with van der Waals surface area (Å²) >= 11 is 0. The molecule has 1 aromatic carbocycles. The lowest BCUT2D eigenvalue weighted by Gasteiger charge is -2.25. The van der Waals surface area contributed by atoms with Gasteiger partial charge in [0.1, 0.15) is 6.61 Å². The van der Waals surface area contributed by atoms with E-state index in [1.54, 1.807) is 6.92 Å². The number of aliphatic hydroxyl groups excluding tert-OH is 1. The van der Waals surface area contributed by atoms with Crippen LogP contribution in [-0.2, 0) is 25.5 Å². The molecule has 7 nitrogen and oxygen atoms in total. The third-order valence-corrected chi connectivity index (χ3v) is 5.95.